The number of alkyl halides is 2. The van der Waals surface area contributed by atoms with E-state index in [0.717, 1.165) is 25.7 Å². The van der Waals surface area contributed by atoms with Crippen LogP contribution in [0.4, 0.5) is 31.0 Å². The van der Waals surface area contributed by atoms with Crippen molar-refractivity contribution in [3.63, 3.8) is 0 Å². The number of aromatic nitrogens is 4. The molecule has 10 nitrogen and oxygen atoms in total. The molecule has 1 aliphatic carbocycles. The van der Waals surface area contributed by atoms with E-state index < -0.39 is 6.43 Å². The van der Waals surface area contributed by atoms with E-state index in [-0.39, 0.29) is 23.9 Å². The number of urea groups is 1. The Morgan fingerprint density at radius 1 is 0.952 bits per heavy atom. The zero-order valence-corrected chi connectivity index (χ0v) is 23.5. The first-order valence-electron chi connectivity index (χ1n) is 14.0. The van der Waals surface area contributed by atoms with Crippen molar-refractivity contribution in [3.8, 4) is 5.82 Å². The molecule has 0 atom stereocenters. The van der Waals surface area contributed by atoms with Gasteiger partial charge in [-0.05, 0) is 49.9 Å². The normalized spacial score (nSPS) is 19.2. The molecule has 1 saturated carbocycles. The summed E-state index contributed by atoms with van der Waals surface area (Å²) >= 11 is 6.15. The molecule has 13 heteroatoms. The van der Waals surface area contributed by atoms with Crippen LogP contribution in [0.3, 0.4) is 0 Å². The maximum atomic E-state index is 14.1. The molecule has 1 aliphatic heterocycles. The Labute approximate surface area is 246 Å². The van der Waals surface area contributed by atoms with E-state index in [1.54, 1.807) is 48.5 Å². The summed E-state index contributed by atoms with van der Waals surface area (Å²) in [6.45, 7) is 2.27. The number of para-hydroxylation sites is 3. The number of imidazole rings is 1. The Kier molecular flexibility index (Phi) is 8.34. The van der Waals surface area contributed by atoms with Gasteiger partial charge in [-0.3, -0.25) is 4.57 Å². The van der Waals surface area contributed by atoms with E-state index in [4.69, 9.17) is 26.3 Å². The molecule has 0 bridgehead atoms. The maximum absolute atomic E-state index is 14.1. The molecule has 4 aromatic rings. The van der Waals surface area contributed by atoms with Gasteiger partial charge < -0.3 is 25.6 Å². The number of nitrogens with one attached hydrogen (secondary N) is 3. The molecule has 0 radical (unpaired) electrons. The number of nitrogens with zero attached hydrogens (tertiary/aromatic N) is 5. The lowest BCUT2D eigenvalue weighted by Crippen LogP contribution is -2.42. The molecule has 3 N–H and O–H groups in total. The molecule has 220 valence electrons. The summed E-state index contributed by atoms with van der Waals surface area (Å²) in [4.78, 5) is 28.2. The maximum Gasteiger partial charge on any atom is 0.319 e. The van der Waals surface area contributed by atoms with Crippen molar-refractivity contribution in [3.05, 3.63) is 65.4 Å². The summed E-state index contributed by atoms with van der Waals surface area (Å²) in [5.41, 5.74) is 1.58. The van der Waals surface area contributed by atoms with Crippen LogP contribution in [0, 0.1) is 0 Å². The lowest BCUT2D eigenvalue weighted by atomic mass is 9.91. The van der Waals surface area contributed by atoms with Crippen LogP contribution in [0.5, 0.6) is 0 Å². The highest BCUT2D eigenvalue weighted by Gasteiger charge is 2.26. The summed E-state index contributed by atoms with van der Waals surface area (Å²) in [5, 5.41) is 9.81. The zero-order chi connectivity index (χ0) is 29.1. The van der Waals surface area contributed by atoms with Crippen molar-refractivity contribution in [1.82, 2.24) is 24.8 Å². The Balaban J connectivity index is 1.19. The number of ether oxygens (including phenoxy) is 1. The smallest absolute Gasteiger partial charge is 0.319 e. The van der Waals surface area contributed by atoms with E-state index in [1.165, 1.54) is 4.57 Å². The van der Waals surface area contributed by atoms with E-state index in [1.807, 2.05) is 11.0 Å². The number of hydrogen-bond acceptors (Lipinski definition) is 7. The van der Waals surface area contributed by atoms with Gasteiger partial charge in [-0.15, -0.1) is 0 Å². The summed E-state index contributed by atoms with van der Waals surface area (Å²) in [5.74, 6) is 0.954. The van der Waals surface area contributed by atoms with Gasteiger partial charge in [-0.2, -0.15) is 9.97 Å². The Morgan fingerprint density at radius 3 is 2.43 bits per heavy atom. The van der Waals surface area contributed by atoms with Gasteiger partial charge in [0.2, 0.25) is 5.95 Å². The number of carbonyl (C=O) groups excluding carboxylic acids is 1. The average molecular weight is 597 g/mol. The highest BCUT2D eigenvalue weighted by molar-refractivity contribution is 6.33. The van der Waals surface area contributed by atoms with Gasteiger partial charge in [0.25, 0.3) is 6.43 Å². The number of carbonyl (C=O) groups is 1. The number of rotatable bonds is 7. The Morgan fingerprint density at radius 2 is 1.67 bits per heavy atom. The monoisotopic (exact) mass is 596 g/mol. The number of halogens is 3. The van der Waals surface area contributed by atoms with Crippen molar-refractivity contribution in [2.45, 2.75) is 44.2 Å². The predicted octanol–water partition coefficient (Wildman–Crippen LogP) is 5.79. The Hall–Kier alpha value is -4.03. The third-order valence-electron chi connectivity index (χ3n) is 7.54. The number of benzene rings is 2. The van der Waals surface area contributed by atoms with Crippen molar-refractivity contribution < 1.29 is 18.3 Å². The van der Waals surface area contributed by atoms with Crippen molar-refractivity contribution in [2.24, 2.45) is 0 Å². The largest absolute Gasteiger partial charge is 0.378 e. The second-order valence-electron chi connectivity index (χ2n) is 10.4. The van der Waals surface area contributed by atoms with Gasteiger partial charge in [0, 0.05) is 31.2 Å². The quantitative estimate of drug-likeness (QED) is 0.248. The van der Waals surface area contributed by atoms with Gasteiger partial charge in [0.1, 0.15) is 11.6 Å². The van der Waals surface area contributed by atoms with Crippen LogP contribution in [-0.2, 0) is 4.74 Å². The van der Waals surface area contributed by atoms with E-state index in [2.05, 4.69) is 20.9 Å². The average Bonchev–Trinajstić information content (AvgIpc) is 3.40. The van der Waals surface area contributed by atoms with Crippen LogP contribution < -0.4 is 20.9 Å². The molecule has 2 aliphatic rings. The fraction of sp³-hybridized carbons (Fsp3) is 0.379. The zero-order valence-electron chi connectivity index (χ0n) is 22.8. The lowest BCUT2D eigenvalue weighted by Gasteiger charge is -2.31. The Bertz CT molecular complexity index is 1550. The number of morpholine rings is 1. The van der Waals surface area contributed by atoms with Crippen LogP contribution in [0.25, 0.3) is 16.9 Å². The van der Waals surface area contributed by atoms with Crippen LogP contribution in [0.2, 0.25) is 5.02 Å². The highest BCUT2D eigenvalue weighted by Crippen LogP contribution is 2.30. The number of fused-ring (bicyclic) bond motifs is 1. The van der Waals surface area contributed by atoms with Crippen LogP contribution in [0.15, 0.2) is 54.6 Å². The number of hydrogen-bond donors (Lipinski definition) is 3. The minimum atomic E-state index is -2.78. The molecule has 2 aromatic carbocycles. The van der Waals surface area contributed by atoms with Crippen LogP contribution in [-0.4, -0.2) is 63.9 Å². The molecule has 0 unspecified atom stereocenters. The molecular formula is C29H31ClF2N8O2. The minimum Gasteiger partial charge on any atom is -0.378 e. The van der Waals surface area contributed by atoms with Crippen LogP contribution >= 0.6 is 11.6 Å². The summed E-state index contributed by atoms with van der Waals surface area (Å²) in [7, 11) is 0. The number of amides is 2. The topological polar surface area (TPSA) is 109 Å². The molecule has 2 aromatic heterocycles. The standard InChI is InChI=1S/C29H31ClF2N8O2/c30-20-5-1-2-6-21(20)36-29(41)34-19-11-9-18(10-12-19)33-24-17-25(38-28(37-24)39-13-15-42-16-14-39)40-23-8-4-3-7-22(23)35-27(40)26(31)32/h1-8,17-19,26H,9-16H2,(H,33,37,38)(H2,34,36,41). The molecule has 1 saturated heterocycles. The van der Waals surface area contributed by atoms with Gasteiger partial charge in [0.15, 0.2) is 5.82 Å². The SMILES string of the molecule is O=C(Nc1ccccc1Cl)NC1CCC(Nc2cc(-n3c(C(F)F)nc4ccccc43)nc(N3CCOCC3)n2)CC1. The third kappa shape index (κ3) is 6.24. The van der Waals surface area contributed by atoms with E-state index in [9.17, 15) is 13.6 Å². The fourth-order valence-electron chi connectivity index (χ4n) is 5.44. The van der Waals surface area contributed by atoms with Gasteiger partial charge >= 0.3 is 6.03 Å². The molecule has 42 heavy (non-hydrogen) atoms. The molecule has 2 fully saturated rings. The van der Waals surface area contributed by atoms with E-state index in [0.29, 0.717) is 65.6 Å². The second kappa shape index (κ2) is 12.5. The molecule has 0 spiro atoms. The lowest BCUT2D eigenvalue weighted by molar-refractivity contribution is 0.122. The van der Waals surface area contributed by atoms with Gasteiger partial charge in [-0.1, -0.05) is 35.9 Å². The van der Waals surface area contributed by atoms with Gasteiger partial charge in [-0.25, -0.2) is 18.6 Å². The first-order valence-corrected chi connectivity index (χ1v) is 14.4. The molecule has 3 heterocycles. The van der Waals surface area contributed by atoms with Crippen LogP contribution in [0.1, 0.15) is 37.9 Å². The first-order chi connectivity index (χ1) is 20.4. The molecule has 6 rings (SSSR count). The fourth-order valence-corrected chi connectivity index (χ4v) is 5.63. The first kappa shape index (κ1) is 28.1. The third-order valence-corrected chi connectivity index (χ3v) is 7.87. The predicted molar refractivity (Wildman–Crippen MR) is 158 cm³/mol. The number of anilines is 3. The molecular weight excluding hydrogens is 566 g/mol. The summed E-state index contributed by atoms with van der Waals surface area (Å²) in [6.07, 6.45) is 0.333. The highest BCUT2D eigenvalue weighted by atomic mass is 35.5. The summed E-state index contributed by atoms with van der Waals surface area (Å²) < 4.78 is 35.2. The minimum absolute atomic E-state index is 0.0151. The van der Waals surface area contributed by atoms with E-state index >= 15 is 0 Å². The second-order valence-corrected chi connectivity index (χ2v) is 10.8. The van der Waals surface area contributed by atoms with Gasteiger partial charge in [0.05, 0.1) is 35.0 Å². The molecule has 2 amide bonds. The van der Waals surface area contributed by atoms with Crippen molar-refractivity contribution in [2.75, 3.05) is 41.8 Å². The van der Waals surface area contributed by atoms with Crippen molar-refractivity contribution in [1.29, 1.82) is 0 Å². The summed E-state index contributed by atoms with van der Waals surface area (Å²) in [6, 6.07) is 15.6. The van der Waals surface area contributed by atoms with Crippen molar-refractivity contribution >= 4 is 46.1 Å².